The van der Waals surface area contributed by atoms with Gasteiger partial charge >= 0.3 is 0 Å². The van der Waals surface area contributed by atoms with Crippen LogP contribution >= 0.6 is 0 Å². The number of nitrogens with one attached hydrogen (secondary N) is 1. The third-order valence-corrected chi connectivity index (χ3v) is 4.46. The fourth-order valence-electron chi connectivity index (χ4n) is 1.85. The second kappa shape index (κ2) is 6.25. The molecule has 0 spiro atoms. The zero-order chi connectivity index (χ0) is 15.5. The van der Waals surface area contributed by atoms with Crippen molar-refractivity contribution < 1.29 is 13.5 Å². The number of anilines is 1. The Labute approximate surface area is 123 Å². The molecule has 1 unspecified atom stereocenters. The Balaban J connectivity index is 2.09. The van der Waals surface area contributed by atoms with Gasteiger partial charge in [-0.15, -0.1) is 0 Å². The van der Waals surface area contributed by atoms with Crippen molar-refractivity contribution in [2.45, 2.75) is 24.5 Å². The van der Waals surface area contributed by atoms with Gasteiger partial charge in [0.25, 0.3) is 0 Å². The van der Waals surface area contributed by atoms with Gasteiger partial charge in [-0.2, -0.15) is 5.10 Å². The average Bonchev–Trinajstić information content (AvgIpc) is 2.88. The van der Waals surface area contributed by atoms with Crippen LogP contribution in [0.1, 0.15) is 18.6 Å². The molecule has 0 bridgehead atoms. The molecule has 2 aromatic rings. The van der Waals surface area contributed by atoms with Crippen LogP contribution in [-0.4, -0.2) is 29.8 Å². The summed E-state index contributed by atoms with van der Waals surface area (Å²) in [5.74, 6) is -0.0569. The summed E-state index contributed by atoms with van der Waals surface area (Å²) in [4.78, 5) is -0.0791. The molecule has 1 aromatic carbocycles. The first kappa shape index (κ1) is 15.5. The van der Waals surface area contributed by atoms with Gasteiger partial charge in [-0.05, 0) is 12.5 Å². The van der Waals surface area contributed by atoms with E-state index in [0.717, 1.165) is 0 Å². The van der Waals surface area contributed by atoms with E-state index in [-0.39, 0.29) is 17.3 Å². The molecule has 0 saturated carbocycles. The molecule has 1 aromatic heterocycles. The minimum Gasteiger partial charge on any atom is -0.387 e. The van der Waals surface area contributed by atoms with E-state index in [1.54, 1.807) is 24.3 Å². The number of aliphatic hydroxyl groups is 1. The number of benzene rings is 1. The Morgan fingerprint density at radius 2 is 2.05 bits per heavy atom. The molecule has 2 rings (SSSR count). The van der Waals surface area contributed by atoms with Crippen molar-refractivity contribution in [3.63, 3.8) is 0 Å². The number of aryl methyl sites for hydroxylation is 1. The van der Waals surface area contributed by atoms with Gasteiger partial charge in [0.2, 0.25) is 10.0 Å². The van der Waals surface area contributed by atoms with Gasteiger partial charge in [0.1, 0.15) is 4.90 Å². The highest BCUT2D eigenvalue weighted by molar-refractivity contribution is 7.89. The minimum absolute atomic E-state index is 0.0569. The predicted molar refractivity (Wildman–Crippen MR) is 78.9 cm³/mol. The smallest absolute Gasteiger partial charge is 0.245 e. The van der Waals surface area contributed by atoms with Crippen molar-refractivity contribution in [3.05, 3.63) is 42.1 Å². The molecule has 114 valence electrons. The van der Waals surface area contributed by atoms with Crippen LogP contribution in [0.15, 0.2) is 41.4 Å². The summed E-state index contributed by atoms with van der Waals surface area (Å²) in [7, 11) is -3.80. The van der Waals surface area contributed by atoms with Crippen LogP contribution in [0.5, 0.6) is 0 Å². The maximum atomic E-state index is 12.2. The molecule has 1 atom stereocenters. The second-order valence-electron chi connectivity index (χ2n) is 4.51. The van der Waals surface area contributed by atoms with E-state index in [2.05, 4.69) is 9.82 Å². The quantitative estimate of drug-likeness (QED) is 0.719. The van der Waals surface area contributed by atoms with Crippen molar-refractivity contribution >= 4 is 15.8 Å². The van der Waals surface area contributed by atoms with E-state index in [1.165, 1.54) is 10.9 Å². The largest absolute Gasteiger partial charge is 0.387 e. The van der Waals surface area contributed by atoms with Gasteiger partial charge in [0.05, 0.1) is 6.10 Å². The van der Waals surface area contributed by atoms with Gasteiger partial charge < -0.3 is 10.8 Å². The lowest BCUT2D eigenvalue weighted by Crippen LogP contribution is -2.28. The highest BCUT2D eigenvalue weighted by Gasteiger charge is 2.22. The van der Waals surface area contributed by atoms with Gasteiger partial charge in [0, 0.05) is 19.3 Å². The summed E-state index contributed by atoms with van der Waals surface area (Å²) < 4.78 is 28.1. The molecule has 0 aliphatic carbocycles. The van der Waals surface area contributed by atoms with E-state index < -0.39 is 16.1 Å². The van der Waals surface area contributed by atoms with Crippen LogP contribution in [0.2, 0.25) is 0 Å². The van der Waals surface area contributed by atoms with Gasteiger partial charge in [-0.3, -0.25) is 4.68 Å². The molecule has 1 heterocycles. The van der Waals surface area contributed by atoms with Crippen LogP contribution in [0.3, 0.4) is 0 Å². The maximum Gasteiger partial charge on any atom is 0.245 e. The van der Waals surface area contributed by atoms with Crippen molar-refractivity contribution in [1.29, 1.82) is 0 Å². The third-order valence-electron chi connectivity index (χ3n) is 3.02. The first-order valence-electron chi connectivity index (χ1n) is 6.49. The number of aliphatic hydroxyl groups excluding tert-OH is 1. The molecule has 0 fully saturated rings. The lowest BCUT2D eigenvalue weighted by molar-refractivity contribution is 0.182. The van der Waals surface area contributed by atoms with Crippen molar-refractivity contribution in [2.75, 3.05) is 12.3 Å². The second-order valence-corrected chi connectivity index (χ2v) is 6.25. The molecule has 0 aliphatic heterocycles. The summed E-state index contributed by atoms with van der Waals surface area (Å²) in [6.07, 6.45) is 0.440. The summed E-state index contributed by atoms with van der Waals surface area (Å²) >= 11 is 0. The Kier molecular flexibility index (Phi) is 4.61. The number of sulfonamides is 1. The Hall–Kier alpha value is -1.90. The zero-order valence-corrected chi connectivity index (χ0v) is 12.4. The number of hydrogen-bond donors (Lipinski definition) is 3. The zero-order valence-electron chi connectivity index (χ0n) is 11.6. The summed E-state index contributed by atoms with van der Waals surface area (Å²) in [6, 6.07) is 8.82. The van der Waals surface area contributed by atoms with Crippen LogP contribution in [0, 0.1) is 0 Å². The average molecular weight is 310 g/mol. The molecule has 8 heteroatoms. The predicted octanol–water partition coefficient (Wildman–Crippen LogP) is 0.497. The summed E-state index contributed by atoms with van der Waals surface area (Å²) in [5.41, 5.74) is 6.24. The molecule has 0 saturated heterocycles. The molecule has 4 N–H and O–H groups in total. The van der Waals surface area contributed by atoms with Gasteiger partial charge in [0.15, 0.2) is 5.82 Å². The number of nitrogens with two attached hydrogens (primary N) is 1. The highest BCUT2D eigenvalue weighted by Crippen LogP contribution is 2.17. The SMILES string of the molecule is CCn1cc(S(=O)(=O)NCC(O)c2ccccc2)c(N)n1. The summed E-state index contributed by atoms with van der Waals surface area (Å²) in [6.45, 7) is 2.21. The first-order chi connectivity index (χ1) is 9.94. The molecule has 0 amide bonds. The Morgan fingerprint density at radius 3 is 2.62 bits per heavy atom. The van der Waals surface area contributed by atoms with E-state index in [0.29, 0.717) is 12.1 Å². The minimum atomic E-state index is -3.80. The van der Waals surface area contributed by atoms with E-state index >= 15 is 0 Å². The number of nitrogen functional groups attached to an aromatic ring is 1. The Morgan fingerprint density at radius 1 is 1.38 bits per heavy atom. The van der Waals surface area contributed by atoms with E-state index in [9.17, 15) is 13.5 Å². The van der Waals surface area contributed by atoms with Crippen molar-refractivity contribution in [1.82, 2.24) is 14.5 Å². The van der Waals surface area contributed by atoms with Gasteiger partial charge in [-0.25, -0.2) is 13.1 Å². The molecule has 7 nitrogen and oxygen atoms in total. The fourth-order valence-corrected chi connectivity index (χ4v) is 2.96. The molecule has 0 aliphatic rings. The lowest BCUT2D eigenvalue weighted by Gasteiger charge is -2.12. The molecule has 21 heavy (non-hydrogen) atoms. The normalized spacial score (nSPS) is 13.2. The topological polar surface area (TPSA) is 110 Å². The van der Waals surface area contributed by atoms with Crippen LogP contribution in [-0.2, 0) is 16.6 Å². The van der Waals surface area contributed by atoms with Crippen molar-refractivity contribution in [2.24, 2.45) is 0 Å². The maximum absolute atomic E-state index is 12.2. The molecule has 0 radical (unpaired) electrons. The number of nitrogens with zero attached hydrogens (tertiary/aromatic N) is 2. The monoisotopic (exact) mass is 310 g/mol. The number of hydrogen-bond acceptors (Lipinski definition) is 5. The van der Waals surface area contributed by atoms with Gasteiger partial charge in [-0.1, -0.05) is 30.3 Å². The van der Waals surface area contributed by atoms with Crippen molar-refractivity contribution in [3.8, 4) is 0 Å². The number of aromatic nitrogens is 2. The lowest BCUT2D eigenvalue weighted by atomic mass is 10.1. The Bertz CT molecular complexity index is 697. The fraction of sp³-hybridized carbons (Fsp3) is 0.308. The van der Waals surface area contributed by atoms with Crippen LogP contribution < -0.4 is 10.5 Å². The number of rotatable bonds is 6. The van der Waals surface area contributed by atoms with Crippen LogP contribution in [0.4, 0.5) is 5.82 Å². The standard InChI is InChI=1S/C13H18N4O3S/c1-2-17-9-12(13(14)16-17)21(19,20)15-8-11(18)10-6-4-3-5-7-10/h3-7,9,11,15,18H,2,8H2,1H3,(H2,14,16). The van der Waals surface area contributed by atoms with E-state index in [1.807, 2.05) is 13.0 Å². The highest BCUT2D eigenvalue weighted by atomic mass is 32.2. The molecular weight excluding hydrogens is 292 g/mol. The van der Waals surface area contributed by atoms with E-state index in [4.69, 9.17) is 5.73 Å². The first-order valence-corrected chi connectivity index (χ1v) is 7.98. The molecular formula is C13H18N4O3S. The third kappa shape index (κ3) is 3.60. The summed E-state index contributed by atoms with van der Waals surface area (Å²) in [5, 5.41) is 13.9. The van der Waals surface area contributed by atoms with Crippen LogP contribution in [0.25, 0.3) is 0 Å².